The van der Waals surface area contributed by atoms with Gasteiger partial charge in [0.05, 0.1) is 16.6 Å². The minimum Gasteiger partial charge on any atom is -0.457 e. The fraction of sp³-hybridized carbons (Fsp3) is 0.345. The smallest absolute Gasteiger partial charge is 0.416 e. The summed E-state index contributed by atoms with van der Waals surface area (Å²) in [6.07, 6.45) is 0.840. The van der Waals surface area contributed by atoms with Gasteiger partial charge in [-0.2, -0.15) is 13.2 Å². The second-order valence-electron chi connectivity index (χ2n) is 10.3. The zero-order valence-electron chi connectivity index (χ0n) is 22.3. The van der Waals surface area contributed by atoms with Crippen molar-refractivity contribution in [2.24, 2.45) is 5.92 Å². The lowest BCUT2D eigenvalue weighted by Crippen LogP contribution is -2.50. The number of halogens is 3. The van der Waals surface area contributed by atoms with Gasteiger partial charge in [-0.05, 0) is 73.8 Å². The Labute approximate surface area is 230 Å². The van der Waals surface area contributed by atoms with Crippen molar-refractivity contribution in [2.45, 2.75) is 38.5 Å². The van der Waals surface area contributed by atoms with Crippen LogP contribution in [0.3, 0.4) is 0 Å². The number of carbonyl (C=O) groups is 1. The topological polar surface area (TPSA) is 93.1 Å². The molecule has 4 aromatic rings. The predicted molar refractivity (Wildman–Crippen MR) is 147 cm³/mol. The number of aromatic nitrogens is 3. The average Bonchev–Trinajstić information content (AvgIpc) is 3.52. The number of nitrogens with one attached hydrogen (secondary N) is 3. The number of aryl methyl sites for hydroxylation is 1. The lowest BCUT2D eigenvalue weighted by atomic mass is 9.95. The van der Waals surface area contributed by atoms with Crippen molar-refractivity contribution < 1.29 is 22.7 Å². The van der Waals surface area contributed by atoms with E-state index in [2.05, 4.69) is 37.4 Å². The van der Waals surface area contributed by atoms with Gasteiger partial charge in [-0.3, -0.25) is 0 Å². The van der Waals surface area contributed by atoms with Gasteiger partial charge in [0.2, 0.25) is 0 Å². The van der Waals surface area contributed by atoms with Crippen molar-refractivity contribution in [2.75, 3.05) is 25.0 Å². The van der Waals surface area contributed by atoms with Crippen LogP contribution in [0.2, 0.25) is 0 Å². The summed E-state index contributed by atoms with van der Waals surface area (Å²) in [6, 6.07) is 12.1. The Balaban J connectivity index is 1.27. The zero-order chi connectivity index (χ0) is 28.3. The van der Waals surface area contributed by atoms with E-state index in [0.717, 1.165) is 53.7 Å². The summed E-state index contributed by atoms with van der Waals surface area (Å²) in [5, 5.41) is 10.1. The minimum atomic E-state index is -4.44. The number of ether oxygens (including phenoxy) is 1. The molecule has 11 heteroatoms. The van der Waals surface area contributed by atoms with Crippen LogP contribution < -0.4 is 20.7 Å². The maximum atomic E-state index is 13.1. The number of carbonyl (C=O) groups excluding carboxylic acids is 1. The first-order valence-electron chi connectivity index (χ1n) is 13.1. The molecular weight excluding hydrogens is 521 g/mol. The normalized spacial score (nSPS) is 19.2. The molecule has 40 heavy (non-hydrogen) atoms. The number of benzene rings is 2. The van der Waals surface area contributed by atoms with Crippen LogP contribution in [0.4, 0.5) is 24.7 Å². The van der Waals surface area contributed by atoms with Crippen LogP contribution >= 0.6 is 0 Å². The first-order chi connectivity index (χ1) is 19.2. The molecule has 0 saturated carbocycles. The third-order valence-electron chi connectivity index (χ3n) is 7.09. The van der Waals surface area contributed by atoms with Crippen LogP contribution in [0.15, 0.2) is 61.1 Å². The van der Waals surface area contributed by atoms with E-state index in [1.54, 1.807) is 12.1 Å². The number of rotatable bonds is 10. The highest BCUT2D eigenvalue weighted by molar-refractivity contribution is 5.88. The Morgan fingerprint density at radius 2 is 2.05 bits per heavy atom. The van der Waals surface area contributed by atoms with Crippen LogP contribution in [0, 0.1) is 12.8 Å². The van der Waals surface area contributed by atoms with E-state index in [1.807, 2.05) is 25.3 Å². The second kappa shape index (κ2) is 11.3. The number of nitrogens with zero attached hydrogens (tertiary/aromatic N) is 3. The van der Waals surface area contributed by atoms with E-state index in [0.29, 0.717) is 37.1 Å². The van der Waals surface area contributed by atoms with E-state index in [9.17, 15) is 18.0 Å². The van der Waals surface area contributed by atoms with Crippen LogP contribution in [-0.4, -0.2) is 46.0 Å². The molecule has 0 aliphatic carbocycles. The minimum absolute atomic E-state index is 0.111. The number of aldehydes is 1. The SMILES string of the molecule is Cc1cc(Nc2ncnc3ccn(CCNC[C@@]4(C=O)C[C@@H](C)CN4)c23)ccc1Oc1cccc(C(F)(F)F)c1. The number of hydrogen-bond donors (Lipinski definition) is 3. The Kier molecular flexibility index (Phi) is 7.77. The van der Waals surface area contributed by atoms with Gasteiger partial charge in [-0.15, -0.1) is 0 Å². The Hall–Kier alpha value is -3.96. The third kappa shape index (κ3) is 6.10. The number of fused-ring (bicyclic) bond motifs is 1. The van der Waals surface area contributed by atoms with Crippen LogP contribution in [-0.2, 0) is 17.5 Å². The third-order valence-corrected chi connectivity index (χ3v) is 7.09. The quantitative estimate of drug-likeness (QED) is 0.178. The summed E-state index contributed by atoms with van der Waals surface area (Å²) >= 11 is 0. The van der Waals surface area contributed by atoms with Gasteiger partial charge in [-0.25, -0.2) is 9.97 Å². The summed E-state index contributed by atoms with van der Waals surface area (Å²) in [4.78, 5) is 20.5. The molecule has 2 aromatic carbocycles. The summed E-state index contributed by atoms with van der Waals surface area (Å²) in [5.41, 5.74) is 1.83. The molecule has 0 unspecified atom stereocenters. The summed E-state index contributed by atoms with van der Waals surface area (Å²) in [6.45, 7) is 6.67. The molecule has 2 atom stereocenters. The number of hydrogen-bond acceptors (Lipinski definition) is 7. The van der Waals surface area contributed by atoms with Gasteiger partial charge in [-0.1, -0.05) is 13.0 Å². The standard InChI is InChI=1S/C29H31F3N6O2/c1-19-14-28(17-39,36-15-19)16-33-9-11-38-10-8-24-26(38)27(35-18-34-24)37-22-6-7-25(20(2)12-22)40-23-5-3-4-21(13-23)29(30,31)32/h3-8,10,12-13,17-19,33,36H,9,11,14-16H2,1-2H3,(H,34,35,37)/t19-,28-/m1/s1. The maximum Gasteiger partial charge on any atom is 0.416 e. The van der Waals surface area contributed by atoms with Crippen molar-refractivity contribution in [3.05, 3.63) is 72.2 Å². The van der Waals surface area contributed by atoms with E-state index in [4.69, 9.17) is 4.74 Å². The molecule has 1 saturated heterocycles. The Morgan fingerprint density at radius 1 is 1.20 bits per heavy atom. The second-order valence-corrected chi connectivity index (χ2v) is 10.3. The predicted octanol–water partition coefficient (Wildman–Crippen LogP) is 5.45. The van der Waals surface area contributed by atoms with Crippen molar-refractivity contribution in [3.8, 4) is 11.5 Å². The molecule has 5 rings (SSSR count). The first kappa shape index (κ1) is 27.6. The van der Waals surface area contributed by atoms with Gasteiger partial charge in [0.25, 0.3) is 0 Å². The fourth-order valence-corrected chi connectivity index (χ4v) is 5.07. The van der Waals surface area contributed by atoms with Crippen molar-refractivity contribution >= 4 is 28.8 Å². The number of alkyl halides is 3. The monoisotopic (exact) mass is 552 g/mol. The summed E-state index contributed by atoms with van der Waals surface area (Å²) in [5.74, 6) is 1.65. The van der Waals surface area contributed by atoms with Crippen LogP contribution in [0.5, 0.6) is 11.5 Å². The van der Waals surface area contributed by atoms with E-state index >= 15 is 0 Å². The van der Waals surface area contributed by atoms with Crippen molar-refractivity contribution in [1.82, 2.24) is 25.2 Å². The largest absolute Gasteiger partial charge is 0.457 e. The van der Waals surface area contributed by atoms with Gasteiger partial charge < -0.3 is 30.0 Å². The lowest BCUT2D eigenvalue weighted by Gasteiger charge is -2.23. The van der Waals surface area contributed by atoms with Crippen molar-refractivity contribution in [1.29, 1.82) is 0 Å². The molecule has 0 amide bonds. The average molecular weight is 553 g/mol. The molecule has 3 heterocycles. The van der Waals surface area contributed by atoms with Gasteiger partial charge in [0.15, 0.2) is 5.82 Å². The molecule has 3 N–H and O–H groups in total. The fourth-order valence-electron chi connectivity index (χ4n) is 5.07. The van der Waals surface area contributed by atoms with Crippen molar-refractivity contribution in [3.63, 3.8) is 0 Å². The van der Waals surface area contributed by atoms with Crippen LogP contribution in [0.1, 0.15) is 24.5 Å². The Morgan fingerprint density at radius 3 is 2.77 bits per heavy atom. The van der Waals surface area contributed by atoms with E-state index < -0.39 is 17.3 Å². The highest BCUT2D eigenvalue weighted by Gasteiger charge is 2.36. The molecule has 8 nitrogen and oxygen atoms in total. The van der Waals surface area contributed by atoms with Gasteiger partial charge in [0, 0.05) is 31.5 Å². The highest BCUT2D eigenvalue weighted by atomic mass is 19.4. The molecule has 0 spiro atoms. The molecule has 1 aliphatic heterocycles. The molecule has 1 aliphatic rings. The molecular formula is C29H31F3N6O2. The Bertz CT molecular complexity index is 1500. The molecule has 0 bridgehead atoms. The molecule has 1 fully saturated rings. The lowest BCUT2D eigenvalue weighted by molar-refractivity contribution is -0.137. The molecule has 210 valence electrons. The molecule has 2 aromatic heterocycles. The van der Waals surface area contributed by atoms with Gasteiger partial charge >= 0.3 is 6.18 Å². The molecule has 0 radical (unpaired) electrons. The van der Waals surface area contributed by atoms with E-state index in [-0.39, 0.29) is 5.75 Å². The summed E-state index contributed by atoms with van der Waals surface area (Å²) < 4.78 is 47.0. The van der Waals surface area contributed by atoms with Gasteiger partial charge in [0.1, 0.15) is 29.6 Å². The first-order valence-corrected chi connectivity index (χ1v) is 13.1. The van der Waals surface area contributed by atoms with Crippen LogP contribution in [0.25, 0.3) is 11.0 Å². The van der Waals surface area contributed by atoms with E-state index in [1.165, 1.54) is 18.5 Å². The number of anilines is 2. The zero-order valence-corrected chi connectivity index (χ0v) is 22.3. The highest BCUT2D eigenvalue weighted by Crippen LogP contribution is 2.34. The maximum absolute atomic E-state index is 13.1. The summed E-state index contributed by atoms with van der Waals surface area (Å²) in [7, 11) is 0.